The molecule has 30 heavy (non-hydrogen) atoms. The van der Waals surface area contributed by atoms with Gasteiger partial charge in [-0.3, -0.25) is 4.79 Å². The molecule has 0 amide bonds. The van der Waals surface area contributed by atoms with Gasteiger partial charge in [-0.1, -0.05) is 5.16 Å². The van der Waals surface area contributed by atoms with Crippen molar-refractivity contribution in [3.05, 3.63) is 50.8 Å². The molecule has 0 bridgehead atoms. The van der Waals surface area contributed by atoms with E-state index in [4.69, 9.17) is 19.2 Å². The van der Waals surface area contributed by atoms with Crippen LogP contribution in [0.2, 0.25) is 0 Å². The van der Waals surface area contributed by atoms with E-state index in [9.17, 15) is 19.9 Å². The van der Waals surface area contributed by atoms with Crippen LogP contribution in [0.3, 0.4) is 0 Å². The SMILES string of the molecule is O=C1OCc2c(cc3n(c2=O)Cc2c-3nc3cc4c(cc3c2/C=N/O)OCO4)[C@@H]1O. The van der Waals surface area contributed by atoms with Crippen LogP contribution in [0.1, 0.15) is 28.4 Å². The van der Waals surface area contributed by atoms with Gasteiger partial charge in [0.1, 0.15) is 6.61 Å². The summed E-state index contributed by atoms with van der Waals surface area (Å²) in [4.78, 5) is 29.5. The fraction of sp³-hybridized carbons (Fsp3) is 0.200. The van der Waals surface area contributed by atoms with Crippen molar-refractivity contribution in [2.24, 2.45) is 5.16 Å². The van der Waals surface area contributed by atoms with Gasteiger partial charge in [-0.25, -0.2) is 9.78 Å². The summed E-state index contributed by atoms with van der Waals surface area (Å²) >= 11 is 0. The van der Waals surface area contributed by atoms with Crippen LogP contribution in [-0.4, -0.2) is 38.8 Å². The van der Waals surface area contributed by atoms with Gasteiger partial charge in [0.05, 0.1) is 35.2 Å². The molecule has 0 saturated heterocycles. The van der Waals surface area contributed by atoms with E-state index < -0.39 is 12.1 Å². The zero-order valence-electron chi connectivity index (χ0n) is 15.3. The van der Waals surface area contributed by atoms with Gasteiger partial charge in [0, 0.05) is 28.1 Å². The molecule has 3 aliphatic rings. The normalized spacial score (nSPS) is 18.4. The average Bonchev–Trinajstić information content (AvgIpc) is 3.34. The number of nitrogens with zero attached hydrogens (tertiary/aromatic N) is 3. The van der Waals surface area contributed by atoms with Crippen LogP contribution in [0.25, 0.3) is 22.3 Å². The van der Waals surface area contributed by atoms with Crippen molar-refractivity contribution in [1.29, 1.82) is 0 Å². The summed E-state index contributed by atoms with van der Waals surface area (Å²) < 4.78 is 17.3. The number of esters is 1. The van der Waals surface area contributed by atoms with Crippen molar-refractivity contribution in [3.8, 4) is 22.9 Å². The van der Waals surface area contributed by atoms with E-state index in [1.54, 1.807) is 18.2 Å². The number of fused-ring (bicyclic) bond motifs is 6. The quantitative estimate of drug-likeness (QED) is 0.207. The summed E-state index contributed by atoms with van der Waals surface area (Å²) in [6, 6.07) is 5.08. The predicted molar refractivity (Wildman–Crippen MR) is 101 cm³/mol. The summed E-state index contributed by atoms with van der Waals surface area (Å²) in [7, 11) is 0. The minimum absolute atomic E-state index is 0.104. The highest BCUT2D eigenvalue weighted by Gasteiger charge is 2.34. The average molecular weight is 407 g/mol. The smallest absolute Gasteiger partial charge is 0.340 e. The number of aliphatic hydroxyl groups is 1. The molecule has 2 N–H and O–H groups in total. The van der Waals surface area contributed by atoms with Crippen LogP contribution < -0.4 is 15.0 Å². The van der Waals surface area contributed by atoms with Crippen molar-refractivity contribution >= 4 is 23.1 Å². The lowest BCUT2D eigenvalue weighted by Gasteiger charge is -2.21. The molecular weight excluding hydrogens is 394 g/mol. The summed E-state index contributed by atoms with van der Waals surface area (Å²) in [5, 5.41) is 23.3. The Balaban J connectivity index is 1.66. The Bertz CT molecular complexity index is 1380. The third kappa shape index (κ3) is 2.10. The first kappa shape index (κ1) is 17.0. The van der Waals surface area contributed by atoms with E-state index in [0.29, 0.717) is 44.9 Å². The Morgan fingerprint density at radius 3 is 2.73 bits per heavy atom. The fourth-order valence-electron chi connectivity index (χ4n) is 4.25. The molecule has 2 aromatic heterocycles. The minimum Gasteiger partial charge on any atom is -0.458 e. The highest BCUT2D eigenvalue weighted by molar-refractivity contribution is 6.03. The van der Waals surface area contributed by atoms with Gasteiger partial charge < -0.3 is 29.1 Å². The van der Waals surface area contributed by atoms with Crippen LogP contribution in [0.5, 0.6) is 11.5 Å². The number of aromatic nitrogens is 2. The van der Waals surface area contributed by atoms with E-state index in [0.717, 1.165) is 0 Å². The molecule has 0 saturated carbocycles. The zero-order chi connectivity index (χ0) is 20.6. The summed E-state index contributed by atoms with van der Waals surface area (Å²) in [5.41, 5.74) is 2.90. The third-order valence-electron chi connectivity index (χ3n) is 5.68. The maximum Gasteiger partial charge on any atom is 0.340 e. The molecular formula is C20H13N3O7. The Labute approximate surface area is 167 Å². The number of pyridine rings is 2. The van der Waals surface area contributed by atoms with Gasteiger partial charge in [-0.05, 0) is 12.1 Å². The number of hydrogen-bond donors (Lipinski definition) is 2. The Hall–Kier alpha value is -3.92. The van der Waals surface area contributed by atoms with Crippen molar-refractivity contribution in [2.75, 3.05) is 6.79 Å². The lowest BCUT2D eigenvalue weighted by Crippen LogP contribution is -2.32. The Morgan fingerprint density at radius 2 is 1.93 bits per heavy atom. The number of carbonyl (C=O) groups is 1. The number of cyclic esters (lactones) is 1. The van der Waals surface area contributed by atoms with E-state index in [-0.39, 0.29) is 36.6 Å². The molecule has 6 rings (SSSR count). The zero-order valence-corrected chi connectivity index (χ0v) is 15.3. The molecule has 10 heteroatoms. The van der Waals surface area contributed by atoms with Crippen molar-refractivity contribution in [2.45, 2.75) is 19.3 Å². The second-order valence-corrected chi connectivity index (χ2v) is 7.18. The van der Waals surface area contributed by atoms with Crippen LogP contribution in [0, 0.1) is 0 Å². The Kier molecular flexibility index (Phi) is 3.28. The van der Waals surface area contributed by atoms with Gasteiger partial charge in [-0.2, -0.15) is 0 Å². The minimum atomic E-state index is -1.52. The molecule has 150 valence electrons. The number of aliphatic hydroxyl groups excluding tert-OH is 1. The van der Waals surface area contributed by atoms with Crippen LogP contribution in [0.15, 0.2) is 28.1 Å². The number of hydrogen-bond acceptors (Lipinski definition) is 9. The predicted octanol–water partition coefficient (Wildman–Crippen LogP) is 1.05. The van der Waals surface area contributed by atoms with Gasteiger partial charge in [0.2, 0.25) is 6.79 Å². The number of oxime groups is 1. The topological polar surface area (TPSA) is 132 Å². The van der Waals surface area contributed by atoms with Crippen molar-refractivity contribution < 1.29 is 29.3 Å². The number of benzene rings is 1. The maximum atomic E-state index is 13.1. The van der Waals surface area contributed by atoms with Gasteiger partial charge in [0.15, 0.2) is 17.6 Å². The monoisotopic (exact) mass is 407 g/mol. The molecule has 1 aromatic carbocycles. The highest BCUT2D eigenvalue weighted by atomic mass is 16.7. The lowest BCUT2D eigenvalue weighted by molar-refractivity contribution is -0.157. The van der Waals surface area contributed by atoms with Crippen LogP contribution >= 0.6 is 0 Å². The van der Waals surface area contributed by atoms with E-state index in [1.807, 2.05) is 0 Å². The number of carbonyl (C=O) groups excluding carboxylic acids is 1. The van der Waals surface area contributed by atoms with Crippen LogP contribution in [-0.2, 0) is 22.7 Å². The molecule has 0 aliphatic carbocycles. The molecule has 0 fully saturated rings. The first-order chi connectivity index (χ1) is 14.6. The third-order valence-corrected chi connectivity index (χ3v) is 5.68. The molecule has 0 spiro atoms. The van der Waals surface area contributed by atoms with E-state index >= 15 is 0 Å². The number of ether oxygens (including phenoxy) is 3. The highest BCUT2D eigenvalue weighted by Crippen LogP contribution is 2.41. The van der Waals surface area contributed by atoms with Crippen molar-refractivity contribution in [1.82, 2.24) is 9.55 Å². The molecule has 3 aliphatic heterocycles. The second-order valence-electron chi connectivity index (χ2n) is 7.18. The molecule has 5 heterocycles. The lowest BCUT2D eigenvalue weighted by atomic mass is 9.99. The van der Waals surface area contributed by atoms with Gasteiger partial charge in [-0.15, -0.1) is 0 Å². The molecule has 3 aromatic rings. The molecule has 0 unspecified atom stereocenters. The summed E-state index contributed by atoms with van der Waals surface area (Å²) in [6.07, 6.45) is -0.229. The van der Waals surface area contributed by atoms with Gasteiger partial charge in [0.25, 0.3) is 5.56 Å². The fourth-order valence-corrected chi connectivity index (χ4v) is 4.25. The molecule has 1 atom stereocenters. The first-order valence-electron chi connectivity index (χ1n) is 9.12. The standard InChI is InChI=1S/C20H13N3O7/c24-18-9-1-14-17-11(5-23(14)19(25)12(9)6-28-20(18)26)10(4-21-27)8-2-15-16(30-7-29-15)3-13(8)22-17/h1-4,18,24,27H,5-7H2/b21-4+/t18-/m0/s1. The largest absolute Gasteiger partial charge is 0.458 e. The van der Waals surface area contributed by atoms with E-state index in [1.165, 1.54) is 10.8 Å². The van der Waals surface area contributed by atoms with Gasteiger partial charge >= 0.3 is 5.97 Å². The number of rotatable bonds is 1. The maximum absolute atomic E-state index is 13.1. The summed E-state index contributed by atoms with van der Waals surface area (Å²) in [6.45, 7) is 0.106. The molecule has 10 nitrogen and oxygen atoms in total. The molecule has 0 radical (unpaired) electrons. The Morgan fingerprint density at radius 1 is 1.13 bits per heavy atom. The summed E-state index contributed by atoms with van der Waals surface area (Å²) in [5.74, 6) is 0.303. The van der Waals surface area contributed by atoms with Crippen molar-refractivity contribution in [3.63, 3.8) is 0 Å². The first-order valence-corrected chi connectivity index (χ1v) is 9.12. The second kappa shape index (κ2) is 5.80. The van der Waals surface area contributed by atoms with Crippen LogP contribution in [0.4, 0.5) is 0 Å². The van der Waals surface area contributed by atoms with E-state index in [2.05, 4.69) is 5.16 Å².